The first-order valence-electron chi connectivity index (χ1n) is 8.49. The average Bonchev–Trinajstić information content (AvgIpc) is 2.86. The lowest BCUT2D eigenvalue weighted by Crippen LogP contribution is -1.99. The first-order chi connectivity index (χ1) is 11.1. The van der Waals surface area contributed by atoms with Gasteiger partial charge in [-0.05, 0) is 74.9 Å². The van der Waals surface area contributed by atoms with E-state index in [1.807, 2.05) is 0 Å². The maximum atomic E-state index is 5.70. The van der Waals surface area contributed by atoms with Gasteiger partial charge in [-0.1, -0.05) is 30.3 Å². The molecule has 23 heavy (non-hydrogen) atoms. The second kappa shape index (κ2) is 6.59. The second-order valence-electron chi connectivity index (χ2n) is 6.54. The van der Waals surface area contributed by atoms with Crippen molar-refractivity contribution in [3.63, 3.8) is 0 Å². The van der Waals surface area contributed by atoms with Crippen LogP contribution in [0.5, 0.6) is 0 Å². The van der Waals surface area contributed by atoms with Gasteiger partial charge in [0.25, 0.3) is 0 Å². The summed E-state index contributed by atoms with van der Waals surface area (Å²) >= 11 is 0. The summed E-state index contributed by atoms with van der Waals surface area (Å²) in [6.45, 7) is 7.33. The predicted octanol–water partition coefficient (Wildman–Crippen LogP) is 5.04. The molecule has 0 atom stereocenters. The highest BCUT2D eigenvalue weighted by Gasteiger charge is 2.16. The number of nitrogens with one attached hydrogen (secondary N) is 1. The maximum absolute atomic E-state index is 5.70. The molecule has 3 rings (SSSR count). The number of H-pyrrole nitrogens is 1. The first kappa shape index (κ1) is 15.8. The van der Waals surface area contributed by atoms with Crippen LogP contribution < -0.4 is 5.73 Å². The molecule has 1 heterocycles. The predicted molar refractivity (Wildman–Crippen MR) is 99.9 cm³/mol. The van der Waals surface area contributed by atoms with E-state index in [2.05, 4.69) is 62.2 Å². The first-order valence-corrected chi connectivity index (χ1v) is 8.49. The van der Waals surface area contributed by atoms with Crippen LogP contribution in [0.4, 0.5) is 0 Å². The highest BCUT2D eigenvalue weighted by Crippen LogP contribution is 2.35. The Morgan fingerprint density at radius 3 is 2.48 bits per heavy atom. The number of hydrogen-bond donors (Lipinski definition) is 2. The Hall–Kier alpha value is -2.06. The fraction of sp³-hybridized carbons (Fsp3) is 0.333. The average molecular weight is 306 g/mol. The molecular formula is C21H26N2. The smallest absolute Gasteiger partial charge is 0.0500 e. The van der Waals surface area contributed by atoms with Crippen molar-refractivity contribution in [3.05, 3.63) is 58.7 Å². The van der Waals surface area contributed by atoms with Crippen LogP contribution in [0.1, 0.15) is 35.1 Å². The molecule has 0 bridgehead atoms. The summed E-state index contributed by atoms with van der Waals surface area (Å²) in [6, 6.07) is 13.2. The van der Waals surface area contributed by atoms with E-state index in [1.54, 1.807) is 0 Å². The lowest BCUT2D eigenvalue weighted by atomic mass is 9.95. The van der Waals surface area contributed by atoms with Crippen molar-refractivity contribution in [1.82, 2.24) is 4.98 Å². The number of hydrogen-bond acceptors (Lipinski definition) is 1. The number of unbranched alkanes of at least 4 members (excludes halogenated alkanes) is 1. The van der Waals surface area contributed by atoms with Crippen LogP contribution in [0, 0.1) is 20.8 Å². The van der Waals surface area contributed by atoms with E-state index in [1.165, 1.54) is 44.4 Å². The molecule has 3 aromatic rings. The molecule has 3 N–H and O–H groups in total. The zero-order valence-corrected chi connectivity index (χ0v) is 14.4. The topological polar surface area (TPSA) is 41.8 Å². The van der Waals surface area contributed by atoms with E-state index >= 15 is 0 Å². The van der Waals surface area contributed by atoms with Crippen LogP contribution >= 0.6 is 0 Å². The molecular weight excluding hydrogens is 280 g/mol. The van der Waals surface area contributed by atoms with Crippen LogP contribution in [0.25, 0.3) is 22.2 Å². The normalized spacial score (nSPS) is 11.3. The SMILES string of the molecule is Cc1cc(C)c2c(CCCCN)c(-c3ccccc3C)[nH]c2c1. The van der Waals surface area contributed by atoms with Crippen LogP contribution in [0.2, 0.25) is 0 Å². The number of aromatic nitrogens is 1. The second-order valence-corrected chi connectivity index (χ2v) is 6.54. The van der Waals surface area contributed by atoms with Gasteiger partial charge in [-0.25, -0.2) is 0 Å². The molecule has 2 heteroatoms. The maximum Gasteiger partial charge on any atom is 0.0500 e. The van der Waals surface area contributed by atoms with Gasteiger partial charge in [0.2, 0.25) is 0 Å². The van der Waals surface area contributed by atoms with Crippen molar-refractivity contribution < 1.29 is 0 Å². The van der Waals surface area contributed by atoms with Crippen molar-refractivity contribution in [3.8, 4) is 11.3 Å². The van der Waals surface area contributed by atoms with Gasteiger partial charge in [-0.3, -0.25) is 0 Å². The van der Waals surface area contributed by atoms with Gasteiger partial charge in [-0.15, -0.1) is 0 Å². The molecule has 0 radical (unpaired) electrons. The minimum absolute atomic E-state index is 0.764. The molecule has 0 aliphatic heterocycles. The largest absolute Gasteiger partial charge is 0.354 e. The van der Waals surface area contributed by atoms with Crippen LogP contribution in [-0.2, 0) is 6.42 Å². The van der Waals surface area contributed by atoms with Crippen molar-refractivity contribution >= 4 is 10.9 Å². The lowest BCUT2D eigenvalue weighted by Gasteiger charge is -2.09. The number of aromatic amines is 1. The summed E-state index contributed by atoms with van der Waals surface area (Å²) < 4.78 is 0. The van der Waals surface area contributed by atoms with E-state index in [0.717, 1.165) is 25.8 Å². The quantitative estimate of drug-likeness (QED) is 0.637. The Bertz CT molecular complexity index is 827. The molecule has 2 nitrogen and oxygen atoms in total. The number of aryl methyl sites for hydroxylation is 4. The third kappa shape index (κ3) is 3.04. The molecule has 0 aliphatic carbocycles. The minimum atomic E-state index is 0.764. The Kier molecular flexibility index (Phi) is 4.53. The number of rotatable bonds is 5. The van der Waals surface area contributed by atoms with Crippen LogP contribution in [0.3, 0.4) is 0 Å². The van der Waals surface area contributed by atoms with Crippen molar-refractivity contribution in [2.75, 3.05) is 6.54 Å². The zero-order valence-electron chi connectivity index (χ0n) is 14.4. The Labute approximate surface area is 138 Å². The zero-order chi connectivity index (χ0) is 16.4. The highest BCUT2D eigenvalue weighted by molar-refractivity contribution is 5.94. The fourth-order valence-electron chi connectivity index (χ4n) is 3.58. The summed E-state index contributed by atoms with van der Waals surface area (Å²) in [5.41, 5.74) is 15.0. The van der Waals surface area contributed by atoms with Crippen molar-refractivity contribution in [2.24, 2.45) is 5.73 Å². The minimum Gasteiger partial charge on any atom is -0.354 e. The lowest BCUT2D eigenvalue weighted by molar-refractivity contribution is 0.748. The van der Waals surface area contributed by atoms with E-state index in [-0.39, 0.29) is 0 Å². The fourth-order valence-corrected chi connectivity index (χ4v) is 3.58. The van der Waals surface area contributed by atoms with E-state index in [4.69, 9.17) is 5.73 Å². The van der Waals surface area contributed by atoms with Gasteiger partial charge in [-0.2, -0.15) is 0 Å². The van der Waals surface area contributed by atoms with Crippen LogP contribution in [0.15, 0.2) is 36.4 Å². The molecule has 0 unspecified atom stereocenters. The third-order valence-electron chi connectivity index (χ3n) is 4.64. The summed E-state index contributed by atoms with van der Waals surface area (Å²) in [6.07, 6.45) is 3.28. The van der Waals surface area contributed by atoms with Gasteiger partial charge >= 0.3 is 0 Å². The summed E-state index contributed by atoms with van der Waals surface area (Å²) in [7, 11) is 0. The molecule has 0 aliphatic rings. The molecule has 0 saturated carbocycles. The molecule has 0 fully saturated rings. The van der Waals surface area contributed by atoms with Gasteiger partial charge in [0.05, 0.1) is 0 Å². The van der Waals surface area contributed by atoms with Gasteiger partial charge in [0, 0.05) is 22.2 Å². The van der Waals surface area contributed by atoms with E-state index in [0.29, 0.717) is 0 Å². The third-order valence-corrected chi connectivity index (χ3v) is 4.64. The molecule has 1 aromatic heterocycles. The molecule has 0 saturated heterocycles. The van der Waals surface area contributed by atoms with E-state index < -0.39 is 0 Å². The number of fused-ring (bicyclic) bond motifs is 1. The van der Waals surface area contributed by atoms with Crippen molar-refractivity contribution in [2.45, 2.75) is 40.0 Å². The molecule has 0 amide bonds. The van der Waals surface area contributed by atoms with Gasteiger partial charge in [0.15, 0.2) is 0 Å². The standard InChI is InChI=1S/C21H26N2/c1-14-12-16(3)20-18(10-6-7-11-22)21(23-19(20)13-14)17-9-5-4-8-15(17)2/h4-5,8-9,12-13,23H,6-7,10-11,22H2,1-3H3. The molecule has 120 valence electrons. The Morgan fingerprint density at radius 1 is 0.957 bits per heavy atom. The van der Waals surface area contributed by atoms with Gasteiger partial charge in [0.1, 0.15) is 0 Å². The van der Waals surface area contributed by atoms with Crippen LogP contribution in [-0.4, -0.2) is 11.5 Å². The van der Waals surface area contributed by atoms with Gasteiger partial charge < -0.3 is 10.7 Å². The number of nitrogens with two attached hydrogens (primary N) is 1. The summed E-state index contributed by atoms with van der Waals surface area (Å²) in [5.74, 6) is 0. The number of benzene rings is 2. The molecule has 0 spiro atoms. The summed E-state index contributed by atoms with van der Waals surface area (Å²) in [5, 5.41) is 1.39. The van der Waals surface area contributed by atoms with E-state index in [9.17, 15) is 0 Å². The highest BCUT2D eigenvalue weighted by atomic mass is 14.7. The Morgan fingerprint density at radius 2 is 1.74 bits per heavy atom. The van der Waals surface area contributed by atoms with Crippen molar-refractivity contribution in [1.29, 1.82) is 0 Å². The Balaban J connectivity index is 2.21. The molecule has 2 aromatic carbocycles. The monoisotopic (exact) mass is 306 g/mol. The summed E-state index contributed by atoms with van der Waals surface area (Å²) in [4.78, 5) is 3.70.